The Morgan fingerprint density at radius 1 is 1.44 bits per heavy atom. The second-order valence-corrected chi connectivity index (χ2v) is 5.42. The van der Waals surface area contributed by atoms with E-state index in [-0.39, 0.29) is 0 Å². The molecule has 1 saturated heterocycles. The molecule has 0 radical (unpaired) electrons. The van der Waals surface area contributed by atoms with E-state index in [1.165, 1.54) is 25.8 Å². The van der Waals surface area contributed by atoms with Crippen LogP contribution >= 0.6 is 0 Å². The van der Waals surface area contributed by atoms with Gasteiger partial charge < -0.3 is 14.8 Å². The summed E-state index contributed by atoms with van der Waals surface area (Å²) in [5, 5.41) is 3.42. The highest BCUT2D eigenvalue weighted by Crippen LogP contribution is 2.19. The molecule has 102 valence electrons. The number of imidazole rings is 1. The van der Waals surface area contributed by atoms with Crippen LogP contribution in [0.15, 0.2) is 6.20 Å². The van der Waals surface area contributed by atoms with E-state index in [9.17, 15) is 0 Å². The summed E-state index contributed by atoms with van der Waals surface area (Å²) in [6.45, 7) is 7.54. The summed E-state index contributed by atoms with van der Waals surface area (Å²) in [6, 6.07) is 0.662. The van der Waals surface area contributed by atoms with Gasteiger partial charge in [-0.2, -0.15) is 0 Å². The van der Waals surface area contributed by atoms with Crippen molar-refractivity contribution in [2.45, 2.75) is 52.1 Å². The first-order valence-electron chi connectivity index (χ1n) is 7.18. The zero-order chi connectivity index (χ0) is 13.0. The molecule has 0 aromatic carbocycles. The number of piperidine rings is 1. The number of nitrogens with one attached hydrogen (secondary N) is 1. The minimum atomic E-state index is 0.662. The fraction of sp³-hybridized carbons (Fsp3) is 0.786. The molecule has 1 unspecified atom stereocenters. The number of aryl methyl sites for hydroxylation is 1. The van der Waals surface area contributed by atoms with Gasteiger partial charge in [-0.3, -0.25) is 0 Å². The minimum Gasteiger partial charge on any atom is -0.356 e. The second kappa shape index (κ2) is 6.23. The third kappa shape index (κ3) is 3.25. The van der Waals surface area contributed by atoms with Gasteiger partial charge in [-0.25, -0.2) is 4.98 Å². The quantitative estimate of drug-likeness (QED) is 0.871. The average molecular weight is 250 g/mol. The molecule has 2 rings (SSSR count). The zero-order valence-corrected chi connectivity index (χ0v) is 11.9. The second-order valence-electron chi connectivity index (χ2n) is 5.42. The summed E-state index contributed by atoms with van der Waals surface area (Å²) in [5.41, 5.74) is 1.10. The lowest BCUT2D eigenvalue weighted by Crippen LogP contribution is -2.39. The molecule has 1 N–H and O–H groups in total. The topological polar surface area (TPSA) is 33.1 Å². The van der Waals surface area contributed by atoms with Crippen molar-refractivity contribution in [1.82, 2.24) is 14.5 Å². The van der Waals surface area contributed by atoms with Gasteiger partial charge in [0.15, 0.2) is 0 Å². The van der Waals surface area contributed by atoms with E-state index in [2.05, 4.69) is 46.9 Å². The Morgan fingerprint density at radius 3 is 3.00 bits per heavy atom. The molecular weight excluding hydrogens is 224 g/mol. The third-order valence-corrected chi connectivity index (χ3v) is 3.76. The molecule has 1 aromatic heterocycles. The number of hydrogen-bond acceptors (Lipinski definition) is 3. The lowest BCUT2D eigenvalue weighted by Gasteiger charge is -2.32. The van der Waals surface area contributed by atoms with Crippen LogP contribution in [0.2, 0.25) is 0 Å². The fourth-order valence-electron chi connectivity index (χ4n) is 2.67. The molecule has 18 heavy (non-hydrogen) atoms. The molecule has 4 heteroatoms. The van der Waals surface area contributed by atoms with E-state index in [1.807, 2.05) is 0 Å². The Hall–Kier alpha value is -1.03. The highest BCUT2D eigenvalue weighted by molar-refractivity contribution is 5.28. The molecule has 0 saturated carbocycles. The predicted octanol–water partition coefficient (Wildman–Crippen LogP) is 2.50. The highest BCUT2D eigenvalue weighted by atomic mass is 15.2. The van der Waals surface area contributed by atoms with Gasteiger partial charge in [0.05, 0.1) is 5.69 Å². The van der Waals surface area contributed by atoms with Gasteiger partial charge in [0, 0.05) is 25.3 Å². The molecular formula is C14H26N4. The van der Waals surface area contributed by atoms with Crippen molar-refractivity contribution in [2.75, 3.05) is 25.5 Å². The summed E-state index contributed by atoms with van der Waals surface area (Å²) >= 11 is 0. The first-order valence-corrected chi connectivity index (χ1v) is 7.18. The summed E-state index contributed by atoms with van der Waals surface area (Å²) < 4.78 is 2.29. The van der Waals surface area contributed by atoms with Crippen LogP contribution in [0, 0.1) is 6.92 Å². The first kappa shape index (κ1) is 13.4. The maximum Gasteiger partial charge on any atom is 0.203 e. The van der Waals surface area contributed by atoms with Gasteiger partial charge in [-0.05, 0) is 39.8 Å². The van der Waals surface area contributed by atoms with E-state index >= 15 is 0 Å². The van der Waals surface area contributed by atoms with Crippen molar-refractivity contribution in [3.8, 4) is 0 Å². The van der Waals surface area contributed by atoms with Crippen LogP contribution in [0.5, 0.6) is 0 Å². The molecule has 0 amide bonds. The zero-order valence-electron chi connectivity index (χ0n) is 11.9. The molecule has 1 aliphatic heterocycles. The van der Waals surface area contributed by atoms with Crippen molar-refractivity contribution in [2.24, 2.45) is 0 Å². The molecule has 4 nitrogen and oxygen atoms in total. The average Bonchev–Trinajstić information content (AvgIpc) is 2.70. The molecule has 1 fully saturated rings. The van der Waals surface area contributed by atoms with Crippen LogP contribution in [0.4, 0.5) is 5.95 Å². The van der Waals surface area contributed by atoms with Gasteiger partial charge in [-0.15, -0.1) is 0 Å². The molecule has 1 aliphatic rings. The summed E-state index contributed by atoms with van der Waals surface area (Å²) in [7, 11) is 2.24. The van der Waals surface area contributed by atoms with Crippen LogP contribution in [0.3, 0.4) is 0 Å². The normalized spacial score (nSPS) is 21.2. The Morgan fingerprint density at radius 2 is 2.28 bits per heavy atom. The lowest BCUT2D eigenvalue weighted by atomic mass is 10.0. The molecule has 2 heterocycles. The van der Waals surface area contributed by atoms with Crippen molar-refractivity contribution in [3.05, 3.63) is 11.9 Å². The Kier molecular flexibility index (Phi) is 4.64. The number of nitrogens with zero attached hydrogens (tertiary/aromatic N) is 3. The fourth-order valence-corrected chi connectivity index (χ4v) is 2.67. The van der Waals surface area contributed by atoms with Crippen LogP contribution in [-0.4, -0.2) is 40.6 Å². The van der Waals surface area contributed by atoms with Gasteiger partial charge in [0.2, 0.25) is 5.95 Å². The maximum atomic E-state index is 4.57. The van der Waals surface area contributed by atoms with Crippen molar-refractivity contribution in [1.29, 1.82) is 0 Å². The summed E-state index contributed by atoms with van der Waals surface area (Å²) in [4.78, 5) is 7.06. The SMILES string of the molecule is CCCNc1nc(C)cn1CC1CCCCN1C. The van der Waals surface area contributed by atoms with Gasteiger partial charge in [-0.1, -0.05) is 13.3 Å². The van der Waals surface area contributed by atoms with E-state index in [0.29, 0.717) is 6.04 Å². The Bertz CT molecular complexity index is 372. The molecule has 1 aromatic rings. The molecule has 0 aliphatic carbocycles. The van der Waals surface area contributed by atoms with E-state index in [1.54, 1.807) is 0 Å². The van der Waals surface area contributed by atoms with E-state index in [4.69, 9.17) is 0 Å². The van der Waals surface area contributed by atoms with Crippen LogP contribution in [0.25, 0.3) is 0 Å². The van der Waals surface area contributed by atoms with Crippen molar-refractivity contribution < 1.29 is 0 Å². The Labute approximate surface area is 110 Å². The number of rotatable bonds is 5. The van der Waals surface area contributed by atoms with Gasteiger partial charge >= 0.3 is 0 Å². The number of likely N-dealkylation sites (tertiary alicyclic amines) is 1. The van der Waals surface area contributed by atoms with E-state index < -0.39 is 0 Å². The van der Waals surface area contributed by atoms with Gasteiger partial charge in [0.1, 0.15) is 0 Å². The number of likely N-dealkylation sites (N-methyl/N-ethyl adjacent to an activating group) is 1. The largest absolute Gasteiger partial charge is 0.356 e. The number of anilines is 1. The molecule has 0 bridgehead atoms. The van der Waals surface area contributed by atoms with Crippen LogP contribution in [-0.2, 0) is 6.54 Å². The van der Waals surface area contributed by atoms with Crippen molar-refractivity contribution in [3.63, 3.8) is 0 Å². The summed E-state index contributed by atoms with van der Waals surface area (Å²) in [6.07, 6.45) is 7.31. The monoisotopic (exact) mass is 250 g/mol. The molecule has 1 atom stereocenters. The number of hydrogen-bond donors (Lipinski definition) is 1. The summed E-state index contributed by atoms with van der Waals surface area (Å²) in [5.74, 6) is 1.04. The Balaban J connectivity index is 2.02. The van der Waals surface area contributed by atoms with Gasteiger partial charge in [0.25, 0.3) is 0 Å². The van der Waals surface area contributed by atoms with Crippen molar-refractivity contribution >= 4 is 5.95 Å². The van der Waals surface area contributed by atoms with Crippen LogP contribution in [0.1, 0.15) is 38.3 Å². The third-order valence-electron chi connectivity index (χ3n) is 3.76. The smallest absolute Gasteiger partial charge is 0.203 e. The minimum absolute atomic E-state index is 0.662. The van der Waals surface area contributed by atoms with Crippen LogP contribution < -0.4 is 5.32 Å². The van der Waals surface area contributed by atoms with E-state index in [0.717, 1.165) is 31.2 Å². The maximum absolute atomic E-state index is 4.57. The number of aromatic nitrogens is 2. The molecule has 0 spiro atoms. The first-order chi connectivity index (χ1) is 8.70. The highest BCUT2D eigenvalue weighted by Gasteiger charge is 2.20. The lowest BCUT2D eigenvalue weighted by molar-refractivity contribution is 0.168. The predicted molar refractivity (Wildman–Crippen MR) is 76.0 cm³/mol. The standard InChI is InChI=1S/C14H26N4/c1-4-8-15-14-16-12(2)10-18(14)11-13-7-5-6-9-17(13)3/h10,13H,4-9,11H2,1-3H3,(H,15,16).